The topological polar surface area (TPSA) is 62.3 Å². The van der Waals surface area contributed by atoms with Crippen molar-refractivity contribution in [1.82, 2.24) is 14.7 Å². The summed E-state index contributed by atoms with van der Waals surface area (Å²) in [5.74, 6) is 0. The molecule has 7 nitrogen and oxygen atoms in total. The maximum absolute atomic E-state index is 12.9. The van der Waals surface area contributed by atoms with Gasteiger partial charge in [-0.25, -0.2) is 9.59 Å². The van der Waals surface area contributed by atoms with E-state index in [0.29, 0.717) is 25.0 Å². The molecule has 0 N–H and O–H groups in total. The van der Waals surface area contributed by atoms with Crippen LogP contribution in [-0.4, -0.2) is 83.9 Å². The number of carbonyl (C=O) groups is 2. The number of hydrogen-bond donors (Lipinski definition) is 0. The molecule has 1 atom stereocenters. The van der Waals surface area contributed by atoms with E-state index in [0.717, 1.165) is 32.4 Å². The Hall–Kier alpha value is -1.50. The monoisotopic (exact) mass is 351 g/mol. The molecule has 5 aliphatic rings. The summed E-state index contributed by atoms with van der Waals surface area (Å²) in [5.41, 5.74) is -0.113. The molecule has 3 saturated carbocycles. The first kappa shape index (κ1) is 16.9. The molecule has 2 saturated heterocycles. The maximum Gasteiger partial charge on any atom is 0.410 e. The van der Waals surface area contributed by atoms with Gasteiger partial charge in [0.1, 0.15) is 5.60 Å². The molecule has 2 heterocycles. The lowest BCUT2D eigenvalue weighted by Gasteiger charge is -2.73. The molecular weight excluding hydrogens is 322 g/mol. The Labute approximate surface area is 149 Å². The number of piperazine rings is 1. The van der Waals surface area contributed by atoms with Gasteiger partial charge in [0.15, 0.2) is 0 Å². The van der Waals surface area contributed by atoms with Crippen LogP contribution in [0.1, 0.15) is 40.0 Å². The van der Waals surface area contributed by atoms with Crippen LogP contribution in [0.25, 0.3) is 0 Å². The summed E-state index contributed by atoms with van der Waals surface area (Å²) in [6.45, 7) is 8.86. The summed E-state index contributed by atoms with van der Waals surface area (Å²) in [4.78, 5) is 31.0. The van der Waals surface area contributed by atoms with Gasteiger partial charge < -0.3 is 24.2 Å². The molecule has 0 unspecified atom stereocenters. The highest BCUT2D eigenvalue weighted by atomic mass is 16.6. The van der Waals surface area contributed by atoms with Gasteiger partial charge in [0.05, 0.1) is 12.6 Å². The smallest absolute Gasteiger partial charge is 0.410 e. The van der Waals surface area contributed by atoms with Crippen molar-refractivity contribution in [2.24, 2.45) is 5.41 Å². The zero-order valence-electron chi connectivity index (χ0n) is 15.7. The van der Waals surface area contributed by atoms with E-state index in [9.17, 15) is 9.59 Å². The molecule has 5 fully saturated rings. The maximum atomic E-state index is 12.9. The highest BCUT2D eigenvalue weighted by Gasteiger charge is 2.72. The number of hydrogen-bond acceptors (Lipinski definition) is 4. The zero-order valence-corrected chi connectivity index (χ0v) is 15.7. The largest absolute Gasteiger partial charge is 0.444 e. The molecule has 3 aliphatic carbocycles. The molecule has 140 valence electrons. The highest BCUT2D eigenvalue weighted by Crippen LogP contribution is 2.70. The quantitative estimate of drug-likeness (QED) is 0.779. The Morgan fingerprint density at radius 2 is 1.88 bits per heavy atom. The molecule has 0 radical (unpaired) electrons. The molecule has 0 aromatic carbocycles. The summed E-state index contributed by atoms with van der Waals surface area (Å²) in [7, 11) is 1.75. The molecular formula is C18H29N3O4. The van der Waals surface area contributed by atoms with Crippen molar-refractivity contribution >= 4 is 12.1 Å². The first-order valence-electron chi connectivity index (χ1n) is 9.22. The zero-order chi connectivity index (χ0) is 18.0. The van der Waals surface area contributed by atoms with Crippen molar-refractivity contribution in [3.05, 3.63) is 0 Å². The second-order valence-corrected chi connectivity index (χ2v) is 9.35. The molecule has 7 heteroatoms. The number of methoxy groups -OCH3 is 1. The van der Waals surface area contributed by atoms with Gasteiger partial charge in [-0.15, -0.1) is 0 Å². The van der Waals surface area contributed by atoms with Crippen LogP contribution in [0, 0.1) is 5.41 Å². The number of rotatable bonds is 3. The average Bonchev–Trinajstić information content (AvgIpc) is 2.76. The van der Waals surface area contributed by atoms with Crippen LogP contribution in [0.5, 0.6) is 0 Å². The van der Waals surface area contributed by atoms with Gasteiger partial charge in [0.2, 0.25) is 0 Å². The number of amides is 3. The Morgan fingerprint density at radius 1 is 1.20 bits per heavy atom. The van der Waals surface area contributed by atoms with Gasteiger partial charge in [-0.2, -0.15) is 0 Å². The van der Waals surface area contributed by atoms with E-state index in [1.54, 1.807) is 12.0 Å². The third-order valence-electron chi connectivity index (χ3n) is 6.14. The minimum absolute atomic E-state index is 0.0592. The fraction of sp³-hybridized carbons (Fsp3) is 0.889. The van der Waals surface area contributed by atoms with E-state index in [4.69, 9.17) is 9.47 Å². The molecule has 0 aromatic heterocycles. The molecule has 2 aliphatic heterocycles. The minimum atomic E-state index is -0.493. The predicted octanol–water partition coefficient (Wildman–Crippen LogP) is 1.91. The van der Waals surface area contributed by atoms with Gasteiger partial charge in [-0.1, -0.05) is 0 Å². The van der Waals surface area contributed by atoms with Crippen molar-refractivity contribution in [3.63, 3.8) is 0 Å². The standard InChI is InChI=1S/C18H29N3O4/c1-16(2,3)25-15(23)19-5-6-20-13(7-19)8-21(14(20)22)18-9-17(10-18,11-18)12-24-4/h13H,5-12H2,1-4H3/t13-,17?,18?/m0/s1. The van der Waals surface area contributed by atoms with E-state index in [1.165, 1.54) is 0 Å². The lowest BCUT2D eigenvalue weighted by molar-refractivity contribution is -0.222. The van der Waals surface area contributed by atoms with Crippen LogP contribution in [0.4, 0.5) is 9.59 Å². The Kier molecular flexibility index (Phi) is 3.56. The third-order valence-corrected chi connectivity index (χ3v) is 6.14. The Morgan fingerprint density at radius 3 is 2.48 bits per heavy atom. The molecule has 25 heavy (non-hydrogen) atoms. The predicted molar refractivity (Wildman–Crippen MR) is 91.3 cm³/mol. The van der Waals surface area contributed by atoms with Crippen molar-refractivity contribution in [3.8, 4) is 0 Å². The van der Waals surface area contributed by atoms with Crippen LogP contribution in [0.15, 0.2) is 0 Å². The number of fused-ring (bicyclic) bond motifs is 1. The van der Waals surface area contributed by atoms with Crippen LogP contribution in [0.3, 0.4) is 0 Å². The number of carbonyl (C=O) groups excluding carboxylic acids is 2. The fourth-order valence-electron chi connectivity index (χ4n) is 5.28. The molecule has 3 amide bonds. The van der Waals surface area contributed by atoms with Crippen molar-refractivity contribution < 1.29 is 19.1 Å². The van der Waals surface area contributed by atoms with Crippen LogP contribution >= 0.6 is 0 Å². The van der Waals surface area contributed by atoms with Crippen LogP contribution in [-0.2, 0) is 9.47 Å². The van der Waals surface area contributed by atoms with E-state index in [1.807, 2.05) is 25.7 Å². The van der Waals surface area contributed by atoms with Crippen LogP contribution in [0.2, 0.25) is 0 Å². The summed E-state index contributed by atoms with van der Waals surface area (Å²) < 4.78 is 10.8. The summed E-state index contributed by atoms with van der Waals surface area (Å²) in [5, 5.41) is 0. The second-order valence-electron chi connectivity index (χ2n) is 9.35. The first-order valence-corrected chi connectivity index (χ1v) is 9.22. The summed E-state index contributed by atoms with van der Waals surface area (Å²) in [6, 6.07) is 0.237. The summed E-state index contributed by atoms with van der Waals surface area (Å²) in [6.07, 6.45) is 2.92. The molecule has 0 spiro atoms. The molecule has 2 bridgehead atoms. The number of ether oxygens (including phenoxy) is 2. The molecule has 0 aromatic rings. The highest BCUT2D eigenvalue weighted by molar-refractivity contribution is 5.80. The van der Waals surface area contributed by atoms with E-state index in [2.05, 4.69) is 4.90 Å². The fourth-order valence-corrected chi connectivity index (χ4v) is 5.28. The average molecular weight is 351 g/mol. The Balaban J connectivity index is 1.38. The minimum Gasteiger partial charge on any atom is -0.444 e. The van der Waals surface area contributed by atoms with Crippen molar-refractivity contribution in [2.75, 3.05) is 39.9 Å². The van der Waals surface area contributed by atoms with E-state index in [-0.39, 0.29) is 23.7 Å². The van der Waals surface area contributed by atoms with Gasteiger partial charge in [0, 0.05) is 44.2 Å². The third kappa shape index (κ3) is 2.58. The number of nitrogens with zero attached hydrogens (tertiary/aromatic N) is 3. The summed E-state index contributed by atoms with van der Waals surface area (Å²) >= 11 is 0. The van der Waals surface area contributed by atoms with Gasteiger partial charge in [-0.3, -0.25) is 0 Å². The lowest BCUT2D eigenvalue weighted by atomic mass is 9.39. The van der Waals surface area contributed by atoms with Gasteiger partial charge in [0.25, 0.3) is 0 Å². The van der Waals surface area contributed by atoms with Crippen molar-refractivity contribution in [1.29, 1.82) is 0 Å². The van der Waals surface area contributed by atoms with E-state index < -0.39 is 5.60 Å². The first-order chi connectivity index (χ1) is 11.7. The van der Waals surface area contributed by atoms with Crippen LogP contribution < -0.4 is 0 Å². The van der Waals surface area contributed by atoms with Gasteiger partial charge in [-0.05, 0) is 40.0 Å². The normalized spacial score (nSPS) is 36.7. The SMILES string of the molecule is COCC12CC(N3C[C@@H]4CN(C(=O)OC(C)(C)C)CCN4C3=O)(C1)C2. The van der Waals surface area contributed by atoms with Crippen molar-refractivity contribution in [2.45, 2.75) is 57.2 Å². The lowest BCUT2D eigenvalue weighted by Crippen LogP contribution is -2.76. The van der Waals surface area contributed by atoms with Gasteiger partial charge >= 0.3 is 12.1 Å². The number of urea groups is 1. The second kappa shape index (κ2) is 5.25. The van der Waals surface area contributed by atoms with E-state index >= 15 is 0 Å². The molecule has 5 rings (SSSR count). The Bertz CT molecular complexity index is 580.